The van der Waals surface area contributed by atoms with E-state index in [4.69, 9.17) is 0 Å². The van der Waals surface area contributed by atoms with Gasteiger partial charge in [0, 0.05) is 23.8 Å². The van der Waals surface area contributed by atoms with E-state index < -0.39 is 0 Å². The Morgan fingerprint density at radius 1 is 1.20 bits per heavy atom. The van der Waals surface area contributed by atoms with Gasteiger partial charge < -0.3 is 4.57 Å². The molecule has 0 radical (unpaired) electrons. The van der Waals surface area contributed by atoms with Gasteiger partial charge >= 0.3 is 0 Å². The summed E-state index contributed by atoms with van der Waals surface area (Å²) in [6.07, 6.45) is 5.73. The molecule has 2 aromatic rings. The van der Waals surface area contributed by atoms with Crippen LogP contribution in [-0.4, -0.2) is 14.5 Å². The van der Waals surface area contributed by atoms with Gasteiger partial charge in [0.05, 0.1) is 0 Å². The van der Waals surface area contributed by atoms with Crippen LogP contribution in [0.1, 0.15) is 45.2 Å². The van der Waals surface area contributed by atoms with Crippen LogP contribution < -0.4 is 0 Å². The van der Waals surface area contributed by atoms with Crippen molar-refractivity contribution in [3.05, 3.63) is 24.3 Å². The Labute approximate surface area is 90.2 Å². The van der Waals surface area contributed by atoms with Crippen LogP contribution >= 0.6 is 0 Å². The van der Waals surface area contributed by atoms with Gasteiger partial charge in [-0.1, -0.05) is 13.8 Å². The van der Waals surface area contributed by atoms with Gasteiger partial charge in [-0.05, 0) is 25.3 Å². The number of fused-ring (bicyclic) bond motifs is 1. The smallest absolute Gasteiger partial charge is 0.143 e. The van der Waals surface area contributed by atoms with Gasteiger partial charge in [0.25, 0.3) is 0 Å². The van der Waals surface area contributed by atoms with E-state index in [0.717, 1.165) is 5.65 Å². The summed E-state index contributed by atoms with van der Waals surface area (Å²) in [6, 6.07) is 0.440. The van der Waals surface area contributed by atoms with E-state index in [2.05, 4.69) is 48.4 Å². The molecule has 2 heterocycles. The van der Waals surface area contributed by atoms with Crippen LogP contribution in [0.4, 0.5) is 0 Å². The van der Waals surface area contributed by atoms with Crippen molar-refractivity contribution in [1.82, 2.24) is 14.5 Å². The topological polar surface area (TPSA) is 30.7 Å². The third-order valence-corrected chi connectivity index (χ3v) is 2.70. The molecule has 0 spiro atoms. The van der Waals surface area contributed by atoms with Crippen molar-refractivity contribution in [1.29, 1.82) is 0 Å². The van der Waals surface area contributed by atoms with Gasteiger partial charge in [-0.3, -0.25) is 0 Å². The van der Waals surface area contributed by atoms with Crippen LogP contribution in [0.25, 0.3) is 11.0 Å². The molecule has 3 nitrogen and oxygen atoms in total. The first-order valence-corrected chi connectivity index (χ1v) is 5.41. The molecule has 0 aliphatic carbocycles. The highest BCUT2D eigenvalue weighted by atomic mass is 15.1. The highest BCUT2D eigenvalue weighted by Crippen LogP contribution is 2.27. The van der Waals surface area contributed by atoms with Gasteiger partial charge in [0.2, 0.25) is 0 Å². The SMILES string of the molecule is CC(C)c1cn(C(C)C)c2ncncc12. The van der Waals surface area contributed by atoms with Crippen molar-refractivity contribution >= 4 is 11.0 Å². The van der Waals surface area contributed by atoms with E-state index >= 15 is 0 Å². The van der Waals surface area contributed by atoms with Crippen molar-refractivity contribution in [3.8, 4) is 0 Å². The quantitative estimate of drug-likeness (QED) is 0.750. The molecule has 0 amide bonds. The van der Waals surface area contributed by atoms with E-state index in [-0.39, 0.29) is 0 Å². The zero-order valence-electron chi connectivity index (χ0n) is 9.73. The fraction of sp³-hybridized carbons (Fsp3) is 0.500. The molecule has 0 saturated heterocycles. The van der Waals surface area contributed by atoms with Crippen LogP contribution in [-0.2, 0) is 0 Å². The largest absolute Gasteiger partial charge is 0.330 e. The lowest BCUT2D eigenvalue weighted by Gasteiger charge is -2.07. The van der Waals surface area contributed by atoms with E-state index in [1.54, 1.807) is 6.33 Å². The van der Waals surface area contributed by atoms with E-state index in [9.17, 15) is 0 Å². The summed E-state index contributed by atoms with van der Waals surface area (Å²) in [6.45, 7) is 8.75. The second kappa shape index (κ2) is 3.65. The third kappa shape index (κ3) is 1.62. The molecule has 0 aromatic carbocycles. The standard InChI is InChI=1S/C12H17N3/c1-8(2)11-6-15(9(3)4)12-10(11)5-13-7-14-12/h5-9H,1-4H3. The number of rotatable bonds is 2. The summed E-state index contributed by atoms with van der Waals surface area (Å²) in [5.74, 6) is 0.512. The molecule has 0 N–H and O–H groups in total. The summed E-state index contributed by atoms with van der Waals surface area (Å²) in [4.78, 5) is 8.46. The minimum Gasteiger partial charge on any atom is -0.330 e. The Morgan fingerprint density at radius 3 is 2.53 bits per heavy atom. The predicted octanol–water partition coefficient (Wildman–Crippen LogP) is 3.14. The Bertz CT molecular complexity index is 427. The lowest BCUT2D eigenvalue weighted by molar-refractivity contribution is 0.614. The molecule has 0 bridgehead atoms. The first kappa shape index (κ1) is 10.1. The van der Waals surface area contributed by atoms with Gasteiger partial charge in [-0.15, -0.1) is 0 Å². The number of hydrogen-bond donors (Lipinski definition) is 0. The summed E-state index contributed by atoms with van der Waals surface area (Å²) in [5.41, 5.74) is 2.38. The normalized spacial score (nSPS) is 11.9. The van der Waals surface area contributed by atoms with Crippen molar-refractivity contribution in [2.45, 2.75) is 39.7 Å². The molecule has 0 aliphatic heterocycles. The molecule has 80 valence electrons. The first-order chi connectivity index (χ1) is 7.11. The Hall–Kier alpha value is -1.38. The molecule has 0 fully saturated rings. The maximum Gasteiger partial charge on any atom is 0.143 e. The molecule has 0 saturated carbocycles. The molecule has 0 unspecified atom stereocenters. The van der Waals surface area contributed by atoms with Gasteiger partial charge in [-0.2, -0.15) is 0 Å². The highest BCUT2D eigenvalue weighted by Gasteiger charge is 2.13. The van der Waals surface area contributed by atoms with Crippen molar-refractivity contribution in [3.63, 3.8) is 0 Å². The zero-order chi connectivity index (χ0) is 11.0. The monoisotopic (exact) mass is 203 g/mol. The molecular weight excluding hydrogens is 186 g/mol. The molecule has 2 aromatic heterocycles. The van der Waals surface area contributed by atoms with Crippen molar-refractivity contribution < 1.29 is 0 Å². The maximum absolute atomic E-state index is 4.36. The molecular formula is C12H17N3. The Kier molecular flexibility index (Phi) is 2.47. The minimum absolute atomic E-state index is 0.440. The fourth-order valence-corrected chi connectivity index (χ4v) is 1.87. The lowest BCUT2D eigenvalue weighted by Crippen LogP contribution is -1.99. The maximum atomic E-state index is 4.36. The summed E-state index contributed by atoms with van der Waals surface area (Å²) in [7, 11) is 0. The van der Waals surface area contributed by atoms with Crippen LogP contribution in [0.15, 0.2) is 18.7 Å². The second-order valence-corrected chi connectivity index (χ2v) is 4.50. The Morgan fingerprint density at radius 2 is 1.93 bits per heavy atom. The first-order valence-electron chi connectivity index (χ1n) is 5.41. The molecule has 0 aliphatic rings. The van der Waals surface area contributed by atoms with E-state index in [1.165, 1.54) is 10.9 Å². The highest BCUT2D eigenvalue weighted by molar-refractivity contribution is 5.80. The van der Waals surface area contributed by atoms with Gasteiger partial charge in [0.1, 0.15) is 12.0 Å². The van der Waals surface area contributed by atoms with Crippen molar-refractivity contribution in [2.24, 2.45) is 0 Å². The average molecular weight is 203 g/mol. The van der Waals surface area contributed by atoms with Crippen LogP contribution in [0.3, 0.4) is 0 Å². The number of aromatic nitrogens is 3. The fourth-order valence-electron chi connectivity index (χ4n) is 1.87. The van der Waals surface area contributed by atoms with E-state index in [1.807, 2.05) is 6.20 Å². The zero-order valence-corrected chi connectivity index (χ0v) is 9.73. The van der Waals surface area contributed by atoms with Gasteiger partial charge in [0.15, 0.2) is 0 Å². The number of nitrogens with zero attached hydrogens (tertiary/aromatic N) is 3. The molecule has 2 rings (SSSR count). The third-order valence-electron chi connectivity index (χ3n) is 2.70. The van der Waals surface area contributed by atoms with Crippen LogP contribution in [0, 0.1) is 0 Å². The summed E-state index contributed by atoms with van der Waals surface area (Å²) in [5, 5.41) is 1.18. The summed E-state index contributed by atoms with van der Waals surface area (Å²) >= 11 is 0. The average Bonchev–Trinajstić information content (AvgIpc) is 2.56. The van der Waals surface area contributed by atoms with Crippen molar-refractivity contribution in [2.75, 3.05) is 0 Å². The van der Waals surface area contributed by atoms with Crippen LogP contribution in [0.5, 0.6) is 0 Å². The molecule has 3 heteroatoms. The summed E-state index contributed by atoms with van der Waals surface area (Å²) < 4.78 is 2.21. The van der Waals surface area contributed by atoms with Gasteiger partial charge in [-0.25, -0.2) is 9.97 Å². The molecule has 15 heavy (non-hydrogen) atoms. The lowest BCUT2D eigenvalue weighted by atomic mass is 10.1. The second-order valence-electron chi connectivity index (χ2n) is 4.50. The van der Waals surface area contributed by atoms with E-state index in [0.29, 0.717) is 12.0 Å². The molecule has 0 atom stereocenters. The predicted molar refractivity (Wildman–Crippen MR) is 62.0 cm³/mol. The van der Waals surface area contributed by atoms with Crippen LogP contribution in [0.2, 0.25) is 0 Å². The Balaban J connectivity index is 2.73. The number of hydrogen-bond acceptors (Lipinski definition) is 2. The minimum atomic E-state index is 0.440.